The lowest BCUT2D eigenvalue weighted by Crippen LogP contribution is -2.03. The minimum absolute atomic E-state index is 0.0590. The lowest BCUT2D eigenvalue weighted by atomic mass is 10.1. The van der Waals surface area contributed by atoms with Gasteiger partial charge in [-0.1, -0.05) is 22.0 Å². The van der Waals surface area contributed by atoms with E-state index in [1.807, 2.05) is 6.07 Å². The molecule has 0 heterocycles. The summed E-state index contributed by atoms with van der Waals surface area (Å²) in [6.07, 6.45) is 2.88. The number of anilines is 1. The molecule has 0 unspecified atom stereocenters. The average molecular weight is 254 g/mol. The highest BCUT2D eigenvalue weighted by atomic mass is 79.9. The Bertz CT molecular complexity index is 360. The summed E-state index contributed by atoms with van der Waals surface area (Å²) in [5, 5.41) is 0. The minimum Gasteiger partial charge on any atom is -0.398 e. The van der Waals surface area contributed by atoms with Crippen LogP contribution >= 0.6 is 15.9 Å². The van der Waals surface area contributed by atoms with E-state index < -0.39 is 0 Å². The van der Waals surface area contributed by atoms with Gasteiger partial charge in [0.15, 0.2) is 5.78 Å². The van der Waals surface area contributed by atoms with Crippen LogP contribution in [0.15, 0.2) is 35.3 Å². The minimum atomic E-state index is 0.0590. The quantitative estimate of drug-likeness (QED) is 0.509. The highest BCUT2D eigenvalue weighted by Gasteiger charge is 2.08. The molecule has 1 aromatic carbocycles. The predicted molar refractivity (Wildman–Crippen MR) is 62.3 cm³/mol. The van der Waals surface area contributed by atoms with Crippen LogP contribution in [0.2, 0.25) is 0 Å². The smallest absolute Gasteiger partial charge is 0.165 e. The Morgan fingerprint density at radius 3 is 2.93 bits per heavy atom. The maximum Gasteiger partial charge on any atom is 0.165 e. The third-order valence-electron chi connectivity index (χ3n) is 1.89. The van der Waals surface area contributed by atoms with Crippen molar-refractivity contribution in [1.29, 1.82) is 0 Å². The first-order chi connectivity index (χ1) is 6.65. The number of carbonyl (C=O) groups is 1. The summed E-state index contributed by atoms with van der Waals surface area (Å²) < 4.78 is 0.869. The van der Waals surface area contributed by atoms with E-state index in [2.05, 4.69) is 22.5 Å². The van der Waals surface area contributed by atoms with Crippen LogP contribution in [0.25, 0.3) is 0 Å². The molecule has 1 aromatic rings. The third kappa shape index (κ3) is 2.70. The zero-order valence-electron chi connectivity index (χ0n) is 7.79. The normalized spacial score (nSPS) is 9.79. The Hall–Kier alpha value is -1.09. The second-order valence-electron chi connectivity index (χ2n) is 2.98. The van der Waals surface area contributed by atoms with Gasteiger partial charge in [-0.3, -0.25) is 4.79 Å². The van der Waals surface area contributed by atoms with Gasteiger partial charge >= 0.3 is 0 Å². The number of carbonyl (C=O) groups excluding carboxylic acids is 1. The summed E-state index contributed by atoms with van der Waals surface area (Å²) in [4.78, 5) is 11.6. The van der Waals surface area contributed by atoms with Crippen LogP contribution in [0.3, 0.4) is 0 Å². The van der Waals surface area contributed by atoms with Gasteiger partial charge in [0.05, 0.1) is 0 Å². The van der Waals surface area contributed by atoms with Gasteiger partial charge in [-0.25, -0.2) is 0 Å². The van der Waals surface area contributed by atoms with Gasteiger partial charge in [0.25, 0.3) is 0 Å². The Labute approximate surface area is 91.9 Å². The van der Waals surface area contributed by atoms with Crippen LogP contribution in [-0.2, 0) is 0 Å². The van der Waals surface area contributed by atoms with Gasteiger partial charge in [-0.15, -0.1) is 6.58 Å². The van der Waals surface area contributed by atoms with Gasteiger partial charge in [0, 0.05) is 22.1 Å². The molecule has 0 atom stereocenters. The molecule has 3 heteroatoms. The van der Waals surface area contributed by atoms with E-state index in [0.717, 1.165) is 4.47 Å². The number of hydrogen-bond acceptors (Lipinski definition) is 2. The molecule has 2 N–H and O–H groups in total. The van der Waals surface area contributed by atoms with Crippen molar-refractivity contribution in [3.8, 4) is 0 Å². The fourth-order valence-electron chi connectivity index (χ4n) is 1.14. The van der Waals surface area contributed by atoms with Gasteiger partial charge in [0.1, 0.15) is 0 Å². The van der Waals surface area contributed by atoms with Crippen molar-refractivity contribution in [3.63, 3.8) is 0 Å². The molecule has 0 aliphatic carbocycles. The Morgan fingerprint density at radius 2 is 2.29 bits per heavy atom. The zero-order chi connectivity index (χ0) is 10.6. The number of hydrogen-bond donors (Lipinski definition) is 1. The number of benzene rings is 1. The van der Waals surface area contributed by atoms with Crippen LogP contribution in [0.4, 0.5) is 5.69 Å². The Balaban J connectivity index is 2.88. The summed E-state index contributed by atoms with van der Waals surface area (Å²) in [5.41, 5.74) is 6.81. The number of nitrogens with two attached hydrogens (primary N) is 1. The maximum absolute atomic E-state index is 11.6. The molecular weight excluding hydrogens is 242 g/mol. The van der Waals surface area contributed by atoms with E-state index in [1.54, 1.807) is 18.2 Å². The van der Waals surface area contributed by atoms with Crippen LogP contribution < -0.4 is 5.73 Å². The van der Waals surface area contributed by atoms with Gasteiger partial charge in [0.2, 0.25) is 0 Å². The van der Waals surface area contributed by atoms with Crippen molar-refractivity contribution in [1.82, 2.24) is 0 Å². The number of Topliss-reactive ketones (excluding diaryl/α,β-unsaturated/α-hetero) is 1. The van der Waals surface area contributed by atoms with E-state index in [-0.39, 0.29) is 5.78 Å². The van der Waals surface area contributed by atoms with Crippen LogP contribution in [0.5, 0.6) is 0 Å². The second-order valence-corrected chi connectivity index (χ2v) is 3.90. The van der Waals surface area contributed by atoms with Gasteiger partial charge < -0.3 is 5.73 Å². The molecular formula is C11H12BrNO. The van der Waals surface area contributed by atoms with Gasteiger partial charge in [-0.2, -0.15) is 0 Å². The molecule has 14 heavy (non-hydrogen) atoms. The molecule has 0 spiro atoms. The van der Waals surface area contributed by atoms with Gasteiger partial charge in [-0.05, 0) is 24.6 Å². The van der Waals surface area contributed by atoms with Crippen LogP contribution in [0, 0.1) is 0 Å². The summed E-state index contributed by atoms with van der Waals surface area (Å²) in [5.74, 6) is 0.0590. The van der Waals surface area contributed by atoms with E-state index in [1.165, 1.54) is 0 Å². The molecule has 0 bridgehead atoms. The molecule has 0 fully saturated rings. The van der Waals surface area contributed by atoms with Crippen molar-refractivity contribution >= 4 is 27.4 Å². The molecule has 0 aliphatic rings. The average Bonchev–Trinajstić information content (AvgIpc) is 2.18. The van der Waals surface area contributed by atoms with Crippen molar-refractivity contribution < 1.29 is 4.79 Å². The summed E-state index contributed by atoms with van der Waals surface area (Å²) in [7, 11) is 0. The Kier molecular flexibility index (Phi) is 3.89. The predicted octanol–water partition coefficient (Wildman–Crippen LogP) is 3.18. The Morgan fingerprint density at radius 1 is 1.57 bits per heavy atom. The zero-order valence-corrected chi connectivity index (χ0v) is 9.38. The summed E-state index contributed by atoms with van der Waals surface area (Å²) in [6, 6.07) is 5.30. The first-order valence-corrected chi connectivity index (χ1v) is 5.13. The molecule has 1 rings (SSSR count). The SMILES string of the molecule is C=CCCC(=O)c1cc(Br)ccc1N. The monoisotopic (exact) mass is 253 g/mol. The maximum atomic E-state index is 11.6. The molecule has 0 amide bonds. The van der Waals surface area contributed by atoms with Crippen molar-refractivity contribution in [2.24, 2.45) is 0 Å². The lowest BCUT2D eigenvalue weighted by Gasteiger charge is -2.04. The largest absolute Gasteiger partial charge is 0.398 e. The van der Waals surface area contributed by atoms with Crippen LogP contribution in [0.1, 0.15) is 23.2 Å². The van der Waals surface area contributed by atoms with Crippen molar-refractivity contribution in [2.75, 3.05) is 5.73 Å². The molecule has 0 aromatic heterocycles. The number of allylic oxidation sites excluding steroid dienone is 1. The highest BCUT2D eigenvalue weighted by Crippen LogP contribution is 2.20. The topological polar surface area (TPSA) is 43.1 Å². The number of halogens is 1. The van der Waals surface area contributed by atoms with E-state index in [4.69, 9.17) is 5.73 Å². The molecule has 0 saturated carbocycles. The standard InChI is InChI=1S/C11H12BrNO/c1-2-3-4-11(14)9-7-8(12)5-6-10(9)13/h2,5-7H,1,3-4,13H2. The molecule has 2 nitrogen and oxygen atoms in total. The second kappa shape index (κ2) is 4.96. The van der Waals surface area contributed by atoms with Crippen LogP contribution in [-0.4, -0.2) is 5.78 Å². The van der Waals surface area contributed by atoms with E-state index >= 15 is 0 Å². The third-order valence-corrected chi connectivity index (χ3v) is 2.38. The highest BCUT2D eigenvalue weighted by molar-refractivity contribution is 9.10. The summed E-state index contributed by atoms with van der Waals surface area (Å²) >= 11 is 3.30. The molecule has 0 saturated heterocycles. The molecule has 0 radical (unpaired) electrons. The van der Waals surface area contributed by atoms with Crippen molar-refractivity contribution in [3.05, 3.63) is 40.9 Å². The number of rotatable bonds is 4. The first kappa shape index (κ1) is 11.0. The fourth-order valence-corrected chi connectivity index (χ4v) is 1.50. The van der Waals surface area contributed by atoms with E-state index in [0.29, 0.717) is 24.1 Å². The first-order valence-electron chi connectivity index (χ1n) is 4.34. The molecule has 0 aliphatic heterocycles. The summed E-state index contributed by atoms with van der Waals surface area (Å²) in [6.45, 7) is 3.57. The van der Waals surface area contributed by atoms with Crippen molar-refractivity contribution in [2.45, 2.75) is 12.8 Å². The lowest BCUT2D eigenvalue weighted by molar-refractivity contribution is 0.0984. The number of nitrogen functional groups attached to an aromatic ring is 1. The number of ketones is 1. The molecule has 74 valence electrons. The van der Waals surface area contributed by atoms with E-state index in [9.17, 15) is 4.79 Å². The fraction of sp³-hybridized carbons (Fsp3) is 0.182.